The van der Waals surface area contributed by atoms with Crippen LogP contribution in [-0.4, -0.2) is 100 Å². The Morgan fingerprint density at radius 2 is 1.11 bits per heavy atom. The van der Waals surface area contributed by atoms with Gasteiger partial charge in [-0.2, -0.15) is 0 Å². The molecule has 13 heteroatoms. The van der Waals surface area contributed by atoms with Crippen molar-refractivity contribution in [1.29, 1.82) is 0 Å². The Morgan fingerprint density at radius 1 is 0.656 bits per heavy atom. The lowest BCUT2D eigenvalue weighted by Crippen LogP contribution is -2.40. The third-order valence-electron chi connectivity index (χ3n) is 12.2. The normalized spacial score (nSPS) is 23.3. The second-order valence-electron chi connectivity index (χ2n) is 20.7. The summed E-state index contributed by atoms with van der Waals surface area (Å²) in [5, 5.41) is 27.6. The van der Waals surface area contributed by atoms with Crippen LogP contribution >= 0.6 is 0 Å². The van der Waals surface area contributed by atoms with E-state index in [2.05, 4.69) is 76.9 Å². The molecule has 0 spiro atoms. The molecule has 0 bridgehead atoms. The molecule has 0 aromatic rings. The Hall–Kier alpha value is -2.01. The second-order valence-corrected chi connectivity index (χ2v) is 29.6. The van der Waals surface area contributed by atoms with Crippen molar-refractivity contribution >= 4 is 40.1 Å². The van der Waals surface area contributed by atoms with Crippen molar-refractivity contribution in [2.45, 2.75) is 232 Å². The monoisotopic (exact) mass is 941 g/mol. The molecule has 0 amide bonds. The summed E-state index contributed by atoms with van der Waals surface area (Å²) in [5.74, 6) is 0.0845. The van der Waals surface area contributed by atoms with Gasteiger partial charge in [-0.1, -0.05) is 102 Å². The topological polar surface area (TPSA) is 166 Å². The van der Waals surface area contributed by atoms with Gasteiger partial charge in [0.25, 0.3) is 0 Å². The molecule has 0 saturated heterocycles. The van der Waals surface area contributed by atoms with Gasteiger partial charge in [-0.25, -0.2) is 0 Å². The number of rotatable bonds is 30. The van der Waals surface area contributed by atoms with Crippen molar-refractivity contribution < 1.29 is 52.8 Å². The molecular weight excluding hydrogens is 845 g/mol. The van der Waals surface area contributed by atoms with E-state index in [0.717, 1.165) is 110 Å². The molecular formula is C51H96O11Si2. The molecule has 11 nitrogen and oxygen atoms in total. The quantitative estimate of drug-likeness (QED) is 0.0271. The van der Waals surface area contributed by atoms with E-state index in [1.807, 2.05) is 19.1 Å². The number of Topliss-reactive ketones (excluding diaryl/α,β-unsaturated/α-hetero) is 2. The first-order valence-electron chi connectivity index (χ1n) is 24.8. The first kappa shape index (κ1) is 62.0. The fourth-order valence-electron chi connectivity index (χ4n) is 9.01. The van der Waals surface area contributed by atoms with Crippen LogP contribution in [0.15, 0.2) is 24.3 Å². The van der Waals surface area contributed by atoms with Crippen LogP contribution in [0, 0.1) is 23.7 Å². The predicted octanol–water partition coefficient (Wildman–Crippen LogP) is 11.2. The predicted molar refractivity (Wildman–Crippen MR) is 265 cm³/mol. The van der Waals surface area contributed by atoms with Crippen LogP contribution in [0.5, 0.6) is 0 Å². The van der Waals surface area contributed by atoms with Gasteiger partial charge < -0.3 is 33.6 Å². The summed E-state index contributed by atoms with van der Waals surface area (Å²) in [7, 11) is 0.404. The lowest BCUT2D eigenvalue weighted by molar-refractivity contribution is -0.141. The molecule has 2 saturated carbocycles. The Kier molecular flexibility index (Phi) is 31.6. The van der Waals surface area contributed by atoms with Crippen LogP contribution < -0.4 is 0 Å². The van der Waals surface area contributed by atoms with Crippen LogP contribution in [0.4, 0.5) is 0 Å². The number of ether oxygens (including phenoxy) is 2. The summed E-state index contributed by atoms with van der Waals surface area (Å²) in [5.41, 5.74) is -0.876. The molecule has 2 fully saturated rings. The minimum Gasteiger partial charge on any atom is -0.469 e. The van der Waals surface area contributed by atoms with Gasteiger partial charge in [-0.3, -0.25) is 19.2 Å². The van der Waals surface area contributed by atoms with Gasteiger partial charge in [-0.15, -0.1) is 0 Å². The summed E-state index contributed by atoms with van der Waals surface area (Å²) in [6, 6.07) is 0. The van der Waals surface area contributed by atoms with Crippen molar-refractivity contribution in [2.75, 3.05) is 21.3 Å². The van der Waals surface area contributed by atoms with E-state index in [1.54, 1.807) is 0 Å². The molecule has 374 valence electrons. The molecule has 0 radical (unpaired) electrons. The average Bonchev–Trinajstić information content (AvgIpc) is 3.65. The zero-order valence-corrected chi connectivity index (χ0v) is 44.9. The summed E-state index contributed by atoms with van der Waals surface area (Å²) in [6.07, 6.45) is 26.3. The van der Waals surface area contributed by atoms with E-state index in [4.69, 9.17) is 18.7 Å². The number of carbonyl (C=O) groups excluding carboxylic acids is 4. The Morgan fingerprint density at radius 3 is 1.59 bits per heavy atom. The van der Waals surface area contributed by atoms with E-state index in [1.165, 1.54) is 20.6 Å². The van der Waals surface area contributed by atoms with E-state index in [0.29, 0.717) is 31.5 Å². The molecule has 0 aliphatic heterocycles. The third-order valence-corrected chi connectivity index (χ3v) is 14.3. The number of carbonyl (C=O) groups is 4. The van der Waals surface area contributed by atoms with Crippen molar-refractivity contribution in [3.8, 4) is 0 Å². The first-order chi connectivity index (χ1) is 30.0. The highest BCUT2D eigenvalue weighted by atomic mass is 28.4. The SMILES string of the molecule is CCCCC(C)(C/C=C/[C@H]1[C@H](O[Si](C)(C)C)CC(=O)[C@@H]1CCCCCCC(=O)OC)O[Si](C)(C)C.CCCCC(C)(O)C/C=C/[C@H]1[C@H](O)CC(=O)[C@@H]1CCCCCCC(=O)OC.CO. The molecule has 0 aromatic heterocycles. The maximum absolute atomic E-state index is 13.0. The van der Waals surface area contributed by atoms with Crippen LogP contribution in [0.3, 0.4) is 0 Å². The minimum atomic E-state index is -1.76. The number of aliphatic hydroxyl groups is 3. The number of ketones is 2. The Bertz CT molecular complexity index is 1370. The second kappa shape index (κ2) is 32.7. The largest absolute Gasteiger partial charge is 0.469 e. The molecule has 2 aliphatic carbocycles. The number of hydrogen-bond donors (Lipinski definition) is 3. The standard InChI is InChI=1S/C28H54O5Si2.C22H38O5.CH4O/c1-10-11-20-28(2,33-35(7,8)9)21-16-18-24-23(17-14-12-13-15-19-27(30)31-3)25(29)22-26(24)32-34(4,5)6;1-4-5-14-22(2,26)15-10-12-18-17(19(23)16-20(18)24)11-8-6-7-9-13-21(25)27-3;1-2/h16,18,23-24,26H,10-15,17,19-22H2,1-9H3;10,12,17-18,20,24,26H,4-9,11,13-16H2,1-3H3;2H,1H3/b18-16+;12-10+;/t23-,24-,26-,28?;17-,18-,20-,22?;/m11./s1. The number of methoxy groups -OCH3 is 2. The number of esters is 2. The van der Waals surface area contributed by atoms with Crippen LogP contribution in [0.1, 0.15) is 169 Å². The third kappa shape index (κ3) is 27.6. The van der Waals surface area contributed by atoms with Crippen LogP contribution in [-0.2, 0) is 37.5 Å². The van der Waals surface area contributed by atoms with E-state index in [9.17, 15) is 29.4 Å². The van der Waals surface area contributed by atoms with Gasteiger partial charge in [0.2, 0.25) is 0 Å². The van der Waals surface area contributed by atoms with Crippen molar-refractivity contribution in [3.63, 3.8) is 0 Å². The Labute approximate surface area is 392 Å². The highest BCUT2D eigenvalue weighted by molar-refractivity contribution is 6.70. The van der Waals surface area contributed by atoms with Crippen molar-refractivity contribution in [3.05, 3.63) is 24.3 Å². The first-order valence-corrected chi connectivity index (χ1v) is 31.6. The summed E-state index contributed by atoms with van der Waals surface area (Å²) in [6.45, 7) is 21.8. The fraction of sp³-hybridized carbons (Fsp3) is 0.843. The molecule has 0 aromatic carbocycles. The fourth-order valence-corrected chi connectivity index (χ4v) is 11.8. The molecule has 8 atom stereocenters. The van der Waals surface area contributed by atoms with Gasteiger partial charge >= 0.3 is 11.9 Å². The lowest BCUT2D eigenvalue weighted by Gasteiger charge is -2.36. The zero-order chi connectivity index (χ0) is 49.0. The van der Waals surface area contributed by atoms with Crippen LogP contribution in [0.25, 0.3) is 0 Å². The molecule has 64 heavy (non-hydrogen) atoms. The number of hydrogen-bond acceptors (Lipinski definition) is 11. The van der Waals surface area contributed by atoms with Gasteiger partial charge in [-0.05, 0) is 104 Å². The van der Waals surface area contributed by atoms with E-state index >= 15 is 0 Å². The summed E-state index contributed by atoms with van der Waals surface area (Å²) < 4.78 is 22.5. The number of aliphatic hydroxyl groups excluding tert-OH is 2. The van der Waals surface area contributed by atoms with Crippen molar-refractivity contribution in [2.24, 2.45) is 23.7 Å². The van der Waals surface area contributed by atoms with Gasteiger partial charge in [0.15, 0.2) is 16.6 Å². The smallest absolute Gasteiger partial charge is 0.305 e. The van der Waals surface area contributed by atoms with Crippen LogP contribution in [0.2, 0.25) is 39.3 Å². The van der Waals surface area contributed by atoms with E-state index in [-0.39, 0.29) is 59.5 Å². The maximum atomic E-state index is 13.0. The van der Waals surface area contributed by atoms with Gasteiger partial charge in [0.05, 0.1) is 37.6 Å². The molecule has 3 N–H and O–H groups in total. The van der Waals surface area contributed by atoms with Gasteiger partial charge in [0, 0.05) is 56.5 Å². The summed E-state index contributed by atoms with van der Waals surface area (Å²) in [4.78, 5) is 47.7. The van der Waals surface area contributed by atoms with Crippen molar-refractivity contribution in [1.82, 2.24) is 0 Å². The highest BCUT2D eigenvalue weighted by Gasteiger charge is 2.43. The van der Waals surface area contributed by atoms with Gasteiger partial charge in [0.1, 0.15) is 11.6 Å². The minimum absolute atomic E-state index is 0.00505. The average molecular weight is 941 g/mol. The summed E-state index contributed by atoms with van der Waals surface area (Å²) >= 11 is 0. The lowest BCUT2D eigenvalue weighted by atomic mass is 9.87. The molecule has 2 aliphatic rings. The zero-order valence-electron chi connectivity index (χ0n) is 42.9. The molecule has 0 heterocycles. The molecule has 2 rings (SSSR count). The Balaban J connectivity index is 0.00000123. The highest BCUT2D eigenvalue weighted by Crippen LogP contribution is 2.39. The maximum Gasteiger partial charge on any atom is 0.305 e. The number of unbranched alkanes of at least 4 members (excludes halogenated alkanes) is 8. The van der Waals surface area contributed by atoms with E-state index < -0.39 is 28.3 Å². The molecule has 2 unspecified atom stereocenters.